The topological polar surface area (TPSA) is 51.6 Å². The molecule has 4 nitrogen and oxygen atoms in total. The Hall–Kier alpha value is -7.08. The van der Waals surface area contributed by atoms with E-state index in [2.05, 4.69) is 152 Å². The predicted molar refractivity (Wildman–Crippen MR) is 231 cm³/mol. The van der Waals surface area contributed by atoms with E-state index in [0.29, 0.717) is 17.5 Å². The SMILES string of the molecule is c1ccc(-c2nc(-c3ccc(-c4nc5c6ccccc6sc5c5ccccc45)c4ccccc34)nc(-c3ccc4ccc5cccc6ccc3c4c56)n2)cc1. The summed E-state index contributed by atoms with van der Waals surface area (Å²) in [6, 6.07) is 60.1. The molecule has 0 unspecified atom stereocenters. The molecule has 12 aromatic rings. The maximum atomic E-state index is 5.45. The molecule has 0 spiro atoms. The van der Waals surface area contributed by atoms with Gasteiger partial charge in [0.2, 0.25) is 0 Å². The van der Waals surface area contributed by atoms with Crippen molar-refractivity contribution < 1.29 is 0 Å². The molecule has 0 aliphatic carbocycles. The lowest BCUT2D eigenvalue weighted by Gasteiger charge is -2.16. The van der Waals surface area contributed by atoms with Crippen LogP contribution in [0.5, 0.6) is 0 Å². The van der Waals surface area contributed by atoms with E-state index in [1.807, 2.05) is 29.5 Å². The van der Waals surface area contributed by atoms with E-state index in [-0.39, 0.29) is 0 Å². The Morgan fingerprint density at radius 2 is 0.873 bits per heavy atom. The van der Waals surface area contributed by atoms with Crippen LogP contribution in [0.15, 0.2) is 170 Å². The van der Waals surface area contributed by atoms with Crippen LogP contribution in [0.1, 0.15) is 0 Å². The summed E-state index contributed by atoms with van der Waals surface area (Å²) in [5.74, 6) is 1.92. The van der Waals surface area contributed by atoms with Gasteiger partial charge in [-0.25, -0.2) is 19.9 Å². The minimum absolute atomic E-state index is 0.634. The first-order chi connectivity index (χ1) is 27.3. The molecule has 55 heavy (non-hydrogen) atoms. The third kappa shape index (κ3) is 4.57. The van der Waals surface area contributed by atoms with Crippen LogP contribution in [-0.2, 0) is 0 Å². The summed E-state index contributed by atoms with van der Waals surface area (Å²) in [6.07, 6.45) is 0. The van der Waals surface area contributed by atoms with Gasteiger partial charge in [0, 0.05) is 43.1 Å². The van der Waals surface area contributed by atoms with E-state index >= 15 is 0 Å². The van der Waals surface area contributed by atoms with Gasteiger partial charge in [-0.1, -0.05) is 152 Å². The molecule has 3 heterocycles. The fourth-order valence-electron chi connectivity index (χ4n) is 8.55. The molecule has 0 atom stereocenters. The van der Waals surface area contributed by atoms with Crippen LogP contribution in [0.4, 0.5) is 0 Å². The fourth-order valence-corrected chi connectivity index (χ4v) is 9.74. The first-order valence-electron chi connectivity index (χ1n) is 18.5. The van der Waals surface area contributed by atoms with Crippen molar-refractivity contribution in [1.29, 1.82) is 0 Å². The van der Waals surface area contributed by atoms with E-state index in [1.54, 1.807) is 0 Å². The molecule has 0 aliphatic rings. The van der Waals surface area contributed by atoms with Gasteiger partial charge in [-0.3, -0.25) is 0 Å². The van der Waals surface area contributed by atoms with Crippen molar-refractivity contribution >= 4 is 85.5 Å². The first kappa shape index (κ1) is 30.4. The Morgan fingerprint density at radius 3 is 1.65 bits per heavy atom. The third-order valence-corrected chi connectivity index (χ3v) is 12.3. The van der Waals surface area contributed by atoms with Crippen LogP contribution in [0.25, 0.3) is 120 Å². The van der Waals surface area contributed by atoms with Crippen molar-refractivity contribution in [1.82, 2.24) is 19.9 Å². The second kappa shape index (κ2) is 11.7. The Balaban J connectivity index is 1.11. The van der Waals surface area contributed by atoms with Crippen molar-refractivity contribution in [2.24, 2.45) is 0 Å². The average molecular weight is 717 g/mol. The molecule has 0 fully saturated rings. The normalized spacial score (nSPS) is 12.0. The number of benzene rings is 9. The van der Waals surface area contributed by atoms with E-state index in [4.69, 9.17) is 19.9 Å². The lowest BCUT2D eigenvalue weighted by Crippen LogP contribution is -2.01. The molecule has 0 radical (unpaired) electrons. The molecule has 0 N–H and O–H groups in total. The Bertz CT molecular complexity index is 3480. The molecule has 3 aromatic heterocycles. The van der Waals surface area contributed by atoms with Gasteiger partial charge in [0.25, 0.3) is 0 Å². The summed E-state index contributed by atoms with van der Waals surface area (Å²) in [4.78, 5) is 21.1. The minimum Gasteiger partial charge on any atom is -0.246 e. The van der Waals surface area contributed by atoms with Crippen molar-refractivity contribution in [2.75, 3.05) is 0 Å². The van der Waals surface area contributed by atoms with Crippen molar-refractivity contribution in [3.05, 3.63) is 170 Å². The summed E-state index contributed by atoms with van der Waals surface area (Å²) in [5, 5.41) is 13.0. The largest absolute Gasteiger partial charge is 0.246 e. The van der Waals surface area contributed by atoms with Crippen LogP contribution < -0.4 is 0 Å². The van der Waals surface area contributed by atoms with E-state index in [0.717, 1.165) is 55.0 Å². The lowest BCUT2D eigenvalue weighted by molar-refractivity contribution is 1.08. The Morgan fingerprint density at radius 1 is 0.327 bits per heavy atom. The molecule has 0 saturated heterocycles. The Kier molecular flexibility index (Phi) is 6.47. The zero-order chi connectivity index (χ0) is 36.0. The molecule has 0 amide bonds. The van der Waals surface area contributed by atoms with E-state index in [1.165, 1.54) is 47.1 Å². The first-order valence-corrected chi connectivity index (χ1v) is 19.3. The molecule has 5 heteroatoms. The van der Waals surface area contributed by atoms with Crippen LogP contribution in [0.3, 0.4) is 0 Å². The number of aromatic nitrogens is 4. The zero-order valence-corrected chi connectivity index (χ0v) is 30.2. The number of nitrogens with zero attached hydrogens (tertiary/aromatic N) is 4. The molecule has 9 aromatic carbocycles. The third-order valence-electron chi connectivity index (χ3n) is 11.1. The van der Waals surface area contributed by atoms with Gasteiger partial charge in [0.15, 0.2) is 17.5 Å². The van der Waals surface area contributed by atoms with Gasteiger partial charge in [-0.05, 0) is 61.3 Å². The number of fused-ring (bicyclic) bond motifs is 6. The number of pyridine rings is 1. The molecular formula is C50H28N4S. The van der Waals surface area contributed by atoms with Gasteiger partial charge in [0.05, 0.1) is 15.9 Å². The lowest BCUT2D eigenvalue weighted by atomic mass is 9.91. The smallest absolute Gasteiger partial charge is 0.164 e. The quantitative estimate of drug-likeness (QED) is 0.170. The van der Waals surface area contributed by atoms with Crippen molar-refractivity contribution in [2.45, 2.75) is 0 Å². The van der Waals surface area contributed by atoms with Gasteiger partial charge in [0.1, 0.15) is 0 Å². The zero-order valence-electron chi connectivity index (χ0n) is 29.4. The van der Waals surface area contributed by atoms with Crippen molar-refractivity contribution in [3.63, 3.8) is 0 Å². The van der Waals surface area contributed by atoms with Gasteiger partial charge < -0.3 is 0 Å². The fraction of sp³-hybridized carbons (Fsp3) is 0. The van der Waals surface area contributed by atoms with Gasteiger partial charge >= 0.3 is 0 Å². The van der Waals surface area contributed by atoms with Gasteiger partial charge in [-0.15, -0.1) is 11.3 Å². The average Bonchev–Trinajstić information content (AvgIpc) is 3.64. The maximum Gasteiger partial charge on any atom is 0.164 e. The van der Waals surface area contributed by atoms with Crippen molar-refractivity contribution in [3.8, 4) is 45.4 Å². The highest BCUT2D eigenvalue weighted by Crippen LogP contribution is 2.44. The number of rotatable bonds is 4. The van der Waals surface area contributed by atoms with Crippen LogP contribution in [-0.4, -0.2) is 19.9 Å². The highest BCUT2D eigenvalue weighted by molar-refractivity contribution is 7.26. The minimum atomic E-state index is 0.634. The summed E-state index contributed by atoms with van der Waals surface area (Å²) in [5.41, 5.74) is 5.98. The summed E-state index contributed by atoms with van der Waals surface area (Å²) < 4.78 is 2.47. The van der Waals surface area contributed by atoms with E-state index < -0.39 is 0 Å². The maximum absolute atomic E-state index is 5.45. The number of thiophene rings is 1. The summed E-state index contributed by atoms with van der Waals surface area (Å²) >= 11 is 1.81. The molecule has 0 bridgehead atoms. The molecule has 254 valence electrons. The second-order valence-electron chi connectivity index (χ2n) is 14.1. The van der Waals surface area contributed by atoms with Crippen LogP contribution in [0.2, 0.25) is 0 Å². The number of hydrogen-bond acceptors (Lipinski definition) is 5. The highest BCUT2D eigenvalue weighted by atomic mass is 32.1. The monoisotopic (exact) mass is 716 g/mol. The standard InChI is InChI=1S/C50H28N4S/c1-2-11-32(12-3-1)48-52-49(54-50(53-48)40-26-24-31-22-21-29-13-10-14-30-23-25-35(40)44(31)43(29)30)39-28-27-37(33-15-4-5-16-34(33)39)45-36-17-6-7-18-38(36)47-46(51-45)41-19-8-9-20-42(41)55-47/h1-28H. The summed E-state index contributed by atoms with van der Waals surface area (Å²) in [6.45, 7) is 0. The van der Waals surface area contributed by atoms with Gasteiger partial charge in [-0.2, -0.15) is 0 Å². The molecule has 12 rings (SSSR count). The summed E-state index contributed by atoms with van der Waals surface area (Å²) in [7, 11) is 0. The molecular weight excluding hydrogens is 689 g/mol. The Labute approximate surface area is 319 Å². The molecule has 0 saturated carbocycles. The van der Waals surface area contributed by atoms with E-state index in [9.17, 15) is 0 Å². The van der Waals surface area contributed by atoms with Crippen LogP contribution in [0, 0.1) is 0 Å². The second-order valence-corrected chi connectivity index (χ2v) is 15.2. The molecule has 0 aliphatic heterocycles. The highest BCUT2D eigenvalue weighted by Gasteiger charge is 2.21. The predicted octanol–water partition coefficient (Wildman–Crippen LogP) is 13.5. The van der Waals surface area contributed by atoms with Crippen LogP contribution >= 0.6 is 11.3 Å². The number of hydrogen-bond donors (Lipinski definition) is 0.